The van der Waals surface area contributed by atoms with Crippen molar-refractivity contribution in [2.45, 2.75) is 19.9 Å². The van der Waals surface area contributed by atoms with Crippen molar-refractivity contribution >= 4 is 45.0 Å². The van der Waals surface area contributed by atoms with E-state index in [1.165, 1.54) is 11.3 Å². The molecule has 3 aromatic carbocycles. The first-order valence-electron chi connectivity index (χ1n) is 10.7. The Morgan fingerprint density at radius 2 is 1.55 bits per heavy atom. The molecule has 3 amide bonds. The van der Waals surface area contributed by atoms with Crippen molar-refractivity contribution in [3.63, 3.8) is 0 Å². The molecule has 2 heterocycles. The molecule has 0 fully saturated rings. The molecule has 1 unspecified atom stereocenters. The molecule has 0 radical (unpaired) electrons. The first kappa shape index (κ1) is 21.0. The summed E-state index contributed by atoms with van der Waals surface area (Å²) in [5.74, 6) is -1.59. The zero-order valence-electron chi connectivity index (χ0n) is 18.1. The molecule has 0 saturated carbocycles. The number of imide groups is 1. The predicted molar refractivity (Wildman–Crippen MR) is 129 cm³/mol. The average Bonchev–Trinajstić information content (AvgIpc) is 3.38. The minimum absolute atomic E-state index is 0.271. The molecule has 0 bridgehead atoms. The molecule has 33 heavy (non-hydrogen) atoms. The van der Waals surface area contributed by atoms with Gasteiger partial charge in [0.15, 0.2) is 5.13 Å². The molecule has 1 aromatic heterocycles. The van der Waals surface area contributed by atoms with Crippen molar-refractivity contribution in [2.24, 2.45) is 5.92 Å². The third kappa shape index (κ3) is 3.70. The molecule has 0 spiro atoms. The number of aromatic nitrogens is 1. The van der Waals surface area contributed by atoms with Gasteiger partial charge in [-0.1, -0.05) is 62.4 Å². The van der Waals surface area contributed by atoms with Crippen LogP contribution in [0.3, 0.4) is 0 Å². The Morgan fingerprint density at radius 3 is 2.21 bits per heavy atom. The minimum Gasteiger partial charge on any atom is -0.300 e. The van der Waals surface area contributed by atoms with Crippen molar-refractivity contribution < 1.29 is 14.4 Å². The maximum absolute atomic E-state index is 13.2. The number of hydrogen-bond acceptors (Lipinski definition) is 5. The summed E-state index contributed by atoms with van der Waals surface area (Å²) in [5, 5.41) is 7.38. The van der Waals surface area contributed by atoms with E-state index in [4.69, 9.17) is 0 Å². The number of anilines is 1. The van der Waals surface area contributed by atoms with Crippen molar-refractivity contribution in [2.75, 3.05) is 5.32 Å². The zero-order valence-corrected chi connectivity index (χ0v) is 18.9. The lowest BCUT2D eigenvalue weighted by Crippen LogP contribution is -2.50. The van der Waals surface area contributed by atoms with Gasteiger partial charge in [0.2, 0.25) is 5.91 Å². The van der Waals surface area contributed by atoms with E-state index in [2.05, 4.69) is 22.4 Å². The highest BCUT2D eigenvalue weighted by atomic mass is 32.1. The summed E-state index contributed by atoms with van der Waals surface area (Å²) < 4.78 is 0. The Hall–Kier alpha value is -3.84. The third-order valence-corrected chi connectivity index (χ3v) is 6.54. The molecule has 7 heteroatoms. The highest BCUT2D eigenvalue weighted by Crippen LogP contribution is 2.30. The van der Waals surface area contributed by atoms with Gasteiger partial charge in [-0.15, -0.1) is 11.3 Å². The average molecular weight is 456 g/mol. The lowest BCUT2D eigenvalue weighted by molar-refractivity contribution is -0.121. The van der Waals surface area contributed by atoms with Crippen LogP contribution in [-0.4, -0.2) is 33.6 Å². The van der Waals surface area contributed by atoms with Gasteiger partial charge >= 0.3 is 0 Å². The second-order valence-electron chi connectivity index (χ2n) is 8.30. The van der Waals surface area contributed by atoms with Gasteiger partial charge in [0, 0.05) is 10.9 Å². The third-order valence-electron chi connectivity index (χ3n) is 5.78. The summed E-state index contributed by atoms with van der Waals surface area (Å²) in [5.41, 5.74) is 2.36. The predicted octanol–water partition coefficient (Wildman–Crippen LogP) is 5.22. The topological polar surface area (TPSA) is 79.4 Å². The lowest BCUT2D eigenvalue weighted by atomic mass is 10.0. The van der Waals surface area contributed by atoms with E-state index in [0.717, 1.165) is 26.9 Å². The van der Waals surface area contributed by atoms with Crippen LogP contribution < -0.4 is 5.32 Å². The van der Waals surface area contributed by atoms with E-state index in [9.17, 15) is 14.4 Å². The van der Waals surface area contributed by atoms with E-state index in [-0.39, 0.29) is 5.92 Å². The highest BCUT2D eigenvalue weighted by molar-refractivity contribution is 7.14. The van der Waals surface area contributed by atoms with Crippen LogP contribution in [0.5, 0.6) is 0 Å². The second kappa shape index (κ2) is 8.26. The molecule has 6 nitrogen and oxygen atoms in total. The molecule has 164 valence electrons. The van der Waals surface area contributed by atoms with Gasteiger partial charge in [-0.05, 0) is 34.9 Å². The molecule has 1 N–H and O–H groups in total. The van der Waals surface area contributed by atoms with E-state index in [1.807, 2.05) is 49.6 Å². The maximum Gasteiger partial charge on any atom is 0.262 e. The van der Waals surface area contributed by atoms with Crippen molar-refractivity contribution in [1.29, 1.82) is 0 Å². The van der Waals surface area contributed by atoms with Crippen molar-refractivity contribution in [3.8, 4) is 11.3 Å². The monoisotopic (exact) mass is 455 g/mol. The first-order valence-corrected chi connectivity index (χ1v) is 11.5. The molecule has 1 aliphatic heterocycles. The Bertz CT molecular complexity index is 1370. The summed E-state index contributed by atoms with van der Waals surface area (Å²) in [7, 11) is 0. The van der Waals surface area contributed by atoms with Gasteiger partial charge in [0.25, 0.3) is 11.8 Å². The van der Waals surface area contributed by atoms with Crippen LogP contribution >= 0.6 is 11.3 Å². The molecule has 1 aliphatic rings. The van der Waals surface area contributed by atoms with Crippen LogP contribution in [0.1, 0.15) is 34.6 Å². The van der Waals surface area contributed by atoms with Crippen molar-refractivity contribution in [3.05, 3.63) is 83.2 Å². The molecule has 5 rings (SSSR count). The summed E-state index contributed by atoms with van der Waals surface area (Å²) in [6.45, 7) is 3.63. The fourth-order valence-electron chi connectivity index (χ4n) is 4.17. The first-order chi connectivity index (χ1) is 15.9. The van der Waals surface area contributed by atoms with Gasteiger partial charge in [-0.25, -0.2) is 4.98 Å². The number of rotatable bonds is 5. The molecule has 4 aromatic rings. The van der Waals surface area contributed by atoms with E-state index >= 15 is 0 Å². The summed E-state index contributed by atoms with van der Waals surface area (Å²) in [4.78, 5) is 44.7. The SMILES string of the molecule is CC(C)C(C(=O)Nc1nc(-c2ccc3ccccc3c2)cs1)N1C(=O)c2ccccc2C1=O. The highest BCUT2D eigenvalue weighted by Gasteiger charge is 2.44. The van der Waals surface area contributed by atoms with E-state index in [0.29, 0.717) is 16.3 Å². The van der Waals surface area contributed by atoms with Gasteiger partial charge in [0.1, 0.15) is 6.04 Å². The molecular weight excluding hydrogens is 434 g/mol. The second-order valence-corrected chi connectivity index (χ2v) is 9.16. The van der Waals surface area contributed by atoms with Gasteiger partial charge in [-0.3, -0.25) is 19.3 Å². The summed E-state index contributed by atoms with van der Waals surface area (Å²) in [6, 6.07) is 19.9. The quantitative estimate of drug-likeness (QED) is 0.418. The number of carbonyl (C=O) groups excluding carboxylic acids is 3. The number of nitrogens with zero attached hydrogens (tertiary/aromatic N) is 2. The number of carbonyl (C=O) groups is 3. The van der Waals surface area contributed by atoms with E-state index < -0.39 is 23.8 Å². The molecular formula is C26H21N3O3S. The van der Waals surface area contributed by atoms with E-state index in [1.54, 1.807) is 24.3 Å². The van der Waals surface area contributed by atoms with Gasteiger partial charge < -0.3 is 5.32 Å². The number of fused-ring (bicyclic) bond motifs is 2. The maximum atomic E-state index is 13.2. The molecule has 1 atom stereocenters. The number of amides is 3. The zero-order chi connectivity index (χ0) is 23.1. The van der Waals surface area contributed by atoms with Gasteiger partial charge in [0.05, 0.1) is 16.8 Å². The fourth-order valence-corrected chi connectivity index (χ4v) is 4.89. The Labute approximate surface area is 194 Å². The van der Waals surface area contributed by atoms with Crippen LogP contribution in [0.25, 0.3) is 22.0 Å². The largest absolute Gasteiger partial charge is 0.300 e. The standard InChI is InChI=1S/C26H21N3O3S/c1-15(2)22(29-24(31)19-9-5-6-10-20(19)25(29)32)23(30)28-26-27-21(14-33-26)18-12-11-16-7-3-4-8-17(16)13-18/h3-15,22H,1-2H3,(H,27,28,30). The summed E-state index contributed by atoms with van der Waals surface area (Å²) >= 11 is 1.31. The number of benzene rings is 3. The number of thiazole rings is 1. The van der Waals surface area contributed by atoms with Crippen LogP contribution in [0.4, 0.5) is 5.13 Å². The Morgan fingerprint density at radius 1 is 0.909 bits per heavy atom. The number of hydrogen-bond donors (Lipinski definition) is 1. The molecule has 0 saturated heterocycles. The fraction of sp³-hybridized carbons (Fsp3) is 0.154. The summed E-state index contributed by atoms with van der Waals surface area (Å²) in [6.07, 6.45) is 0. The molecule has 0 aliphatic carbocycles. The Balaban J connectivity index is 1.39. The normalized spacial score (nSPS) is 14.1. The minimum atomic E-state index is -0.939. The lowest BCUT2D eigenvalue weighted by Gasteiger charge is -2.27. The van der Waals surface area contributed by atoms with Gasteiger partial charge in [-0.2, -0.15) is 0 Å². The number of nitrogens with one attached hydrogen (secondary N) is 1. The van der Waals surface area contributed by atoms with Crippen LogP contribution in [0.2, 0.25) is 0 Å². The van der Waals surface area contributed by atoms with Crippen LogP contribution in [0, 0.1) is 5.92 Å². The van der Waals surface area contributed by atoms with Crippen LogP contribution in [-0.2, 0) is 4.79 Å². The van der Waals surface area contributed by atoms with Crippen LogP contribution in [0.15, 0.2) is 72.1 Å². The smallest absolute Gasteiger partial charge is 0.262 e. The Kier molecular flexibility index (Phi) is 5.26. The van der Waals surface area contributed by atoms with Crippen molar-refractivity contribution in [1.82, 2.24) is 9.88 Å².